The van der Waals surface area contributed by atoms with Crippen molar-refractivity contribution in [3.8, 4) is 0 Å². The molecule has 1 heterocycles. The molecule has 21 heavy (non-hydrogen) atoms. The molecule has 0 radical (unpaired) electrons. The summed E-state index contributed by atoms with van der Waals surface area (Å²) in [5.74, 6) is -1.11. The summed E-state index contributed by atoms with van der Waals surface area (Å²) in [6.45, 7) is 0.832. The van der Waals surface area contributed by atoms with E-state index in [9.17, 15) is 9.59 Å². The first-order chi connectivity index (χ1) is 10.1. The Morgan fingerprint density at radius 1 is 1.19 bits per heavy atom. The van der Waals surface area contributed by atoms with Crippen molar-refractivity contribution < 1.29 is 19.4 Å². The number of hydrogen-bond acceptors (Lipinski definition) is 3. The Morgan fingerprint density at radius 2 is 1.95 bits per heavy atom. The SMILES string of the molecule is O=C(O)[C@H]1CN(C(=O)c2ccc3c(c2)CCCC3)CCO1. The van der Waals surface area contributed by atoms with E-state index in [2.05, 4.69) is 0 Å². The standard InChI is InChI=1S/C16H19NO4/c18-15(17-7-8-21-14(10-17)16(19)20)13-6-5-11-3-1-2-4-12(11)9-13/h5-6,9,14H,1-4,7-8,10H2,(H,19,20)/t14-/m1/s1. The zero-order valence-electron chi connectivity index (χ0n) is 11.9. The molecular weight excluding hydrogens is 270 g/mol. The number of aryl methyl sites for hydroxylation is 2. The van der Waals surface area contributed by atoms with E-state index in [0.717, 1.165) is 12.8 Å². The Kier molecular flexibility index (Phi) is 3.92. The molecule has 5 heteroatoms. The van der Waals surface area contributed by atoms with Crippen LogP contribution in [0, 0.1) is 0 Å². The molecule has 1 atom stereocenters. The highest BCUT2D eigenvalue weighted by Gasteiger charge is 2.29. The van der Waals surface area contributed by atoms with E-state index in [1.54, 1.807) is 4.90 Å². The smallest absolute Gasteiger partial charge is 0.334 e. The number of morpholine rings is 1. The molecule has 1 aliphatic heterocycles. The second kappa shape index (κ2) is 5.85. The Bertz CT molecular complexity index is 569. The molecule has 1 aliphatic carbocycles. The molecule has 1 aromatic carbocycles. The van der Waals surface area contributed by atoms with Gasteiger partial charge in [0.2, 0.25) is 0 Å². The van der Waals surface area contributed by atoms with Crippen LogP contribution in [0.3, 0.4) is 0 Å². The number of fused-ring (bicyclic) bond motifs is 1. The summed E-state index contributed by atoms with van der Waals surface area (Å²) in [5, 5.41) is 9.00. The maximum atomic E-state index is 12.5. The number of carboxylic acid groups (broad SMARTS) is 1. The maximum absolute atomic E-state index is 12.5. The average Bonchev–Trinajstić information content (AvgIpc) is 2.53. The van der Waals surface area contributed by atoms with E-state index in [4.69, 9.17) is 9.84 Å². The molecule has 3 rings (SSSR count). The van der Waals surface area contributed by atoms with Crippen molar-refractivity contribution in [2.75, 3.05) is 19.7 Å². The van der Waals surface area contributed by atoms with Gasteiger partial charge in [0.1, 0.15) is 0 Å². The Balaban J connectivity index is 1.77. The normalized spacial score (nSPS) is 21.7. The minimum atomic E-state index is -1.02. The third kappa shape index (κ3) is 2.93. The molecule has 1 saturated heterocycles. The lowest BCUT2D eigenvalue weighted by atomic mass is 9.90. The lowest BCUT2D eigenvalue weighted by molar-refractivity contribution is -0.154. The molecule has 0 bridgehead atoms. The number of hydrogen-bond donors (Lipinski definition) is 1. The molecule has 2 aliphatic rings. The van der Waals surface area contributed by atoms with Gasteiger partial charge in [-0.05, 0) is 48.9 Å². The van der Waals surface area contributed by atoms with E-state index >= 15 is 0 Å². The zero-order chi connectivity index (χ0) is 14.8. The third-order valence-corrected chi connectivity index (χ3v) is 4.22. The molecule has 112 valence electrons. The number of carbonyl (C=O) groups is 2. The van der Waals surface area contributed by atoms with Crippen molar-refractivity contribution in [2.24, 2.45) is 0 Å². The van der Waals surface area contributed by atoms with Gasteiger partial charge in [-0.1, -0.05) is 6.07 Å². The van der Waals surface area contributed by atoms with Crippen LogP contribution in [0.15, 0.2) is 18.2 Å². The maximum Gasteiger partial charge on any atom is 0.334 e. The van der Waals surface area contributed by atoms with E-state index in [1.165, 1.54) is 24.0 Å². The summed E-state index contributed by atoms with van der Waals surface area (Å²) in [6.07, 6.45) is 3.58. The quantitative estimate of drug-likeness (QED) is 0.895. The first kappa shape index (κ1) is 14.1. The highest BCUT2D eigenvalue weighted by molar-refractivity contribution is 5.95. The summed E-state index contributed by atoms with van der Waals surface area (Å²) < 4.78 is 5.15. The number of carboxylic acids is 1. The summed E-state index contributed by atoms with van der Waals surface area (Å²) in [7, 11) is 0. The zero-order valence-corrected chi connectivity index (χ0v) is 11.9. The summed E-state index contributed by atoms with van der Waals surface area (Å²) >= 11 is 0. The van der Waals surface area contributed by atoms with E-state index in [1.807, 2.05) is 18.2 Å². The van der Waals surface area contributed by atoms with Gasteiger partial charge in [-0.2, -0.15) is 0 Å². The van der Waals surface area contributed by atoms with Crippen molar-refractivity contribution >= 4 is 11.9 Å². The average molecular weight is 289 g/mol. The van der Waals surface area contributed by atoms with Crippen LogP contribution >= 0.6 is 0 Å². The molecule has 0 saturated carbocycles. The third-order valence-electron chi connectivity index (χ3n) is 4.22. The summed E-state index contributed by atoms with van der Waals surface area (Å²) in [4.78, 5) is 25.1. The van der Waals surface area contributed by atoms with Crippen molar-refractivity contribution in [3.05, 3.63) is 34.9 Å². The van der Waals surface area contributed by atoms with Gasteiger partial charge in [-0.3, -0.25) is 4.79 Å². The number of ether oxygens (including phenoxy) is 1. The number of rotatable bonds is 2. The van der Waals surface area contributed by atoms with Crippen LogP contribution in [0.4, 0.5) is 0 Å². The Morgan fingerprint density at radius 3 is 2.71 bits per heavy atom. The molecule has 1 aromatic rings. The van der Waals surface area contributed by atoms with Crippen LogP contribution in [-0.4, -0.2) is 47.7 Å². The van der Waals surface area contributed by atoms with Gasteiger partial charge in [-0.25, -0.2) is 4.79 Å². The predicted molar refractivity (Wildman–Crippen MR) is 76.4 cm³/mol. The summed E-state index contributed by atoms with van der Waals surface area (Å²) in [6, 6.07) is 5.87. The highest BCUT2D eigenvalue weighted by atomic mass is 16.5. The molecule has 0 aromatic heterocycles. The first-order valence-electron chi connectivity index (χ1n) is 7.40. The van der Waals surface area contributed by atoms with Crippen LogP contribution < -0.4 is 0 Å². The monoisotopic (exact) mass is 289 g/mol. The number of amides is 1. The van der Waals surface area contributed by atoms with Crippen molar-refractivity contribution in [3.63, 3.8) is 0 Å². The van der Waals surface area contributed by atoms with Gasteiger partial charge in [0.05, 0.1) is 13.2 Å². The van der Waals surface area contributed by atoms with Gasteiger partial charge in [0.15, 0.2) is 6.10 Å². The largest absolute Gasteiger partial charge is 0.479 e. The van der Waals surface area contributed by atoms with Crippen molar-refractivity contribution in [1.82, 2.24) is 4.90 Å². The molecule has 0 spiro atoms. The van der Waals surface area contributed by atoms with Crippen LogP contribution in [0.5, 0.6) is 0 Å². The molecule has 5 nitrogen and oxygen atoms in total. The van der Waals surface area contributed by atoms with Gasteiger partial charge >= 0.3 is 5.97 Å². The fourth-order valence-electron chi connectivity index (χ4n) is 3.03. The van der Waals surface area contributed by atoms with Gasteiger partial charge in [-0.15, -0.1) is 0 Å². The predicted octanol–water partition coefficient (Wildman–Crippen LogP) is 1.49. The van der Waals surface area contributed by atoms with Crippen molar-refractivity contribution in [1.29, 1.82) is 0 Å². The lowest BCUT2D eigenvalue weighted by Crippen LogP contribution is -2.48. The fraction of sp³-hybridized carbons (Fsp3) is 0.500. The molecular formula is C16H19NO4. The van der Waals surface area contributed by atoms with Crippen molar-refractivity contribution in [2.45, 2.75) is 31.8 Å². The van der Waals surface area contributed by atoms with E-state index in [-0.39, 0.29) is 19.1 Å². The number of aliphatic carboxylic acids is 1. The second-order valence-electron chi connectivity index (χ2n) is 5.64. The molecule has 1 N–H and O–H groups in total. The van der Waals surface area contributed by atoms with E-state index < -0.39 is 12.1 Å². The van der Waals surface area contributed by atoms with Gasteiger partial charge < -0.3 is 14.7 Å². The van der Waals surface area contributed by atoms with Crippen LogP contribution in [0.25, 0.3) is 0 Å². The fourth-order valence-corrected chi connectivity index (χ4v) is 3.03. The Labute approximate surface area is 123 Å². The number of nitrogens with zero attached hydrogens (tertiary/aromatic N) is 1. The minimum absolute atomic E-state index is 0.0991. The molecule has 0 unspecified atom stereocenters. The first-order valence-corrected chi connectivity index (χ1v) is 7.40. The highest BCUT2D eigenvalue weighted by Crippen LogP contribution is 2.23. The minimum Gasteiger partial charge on any atom is -0.479 e. The van der Waals surface area contributed by atoms with Crippen LogP contribution in [0.1, 0.15) is 34.3 Å². The molecule has 1 fully saturated rings. The second-order valence-corrected chi connectivity index (χ2v) is 5.64. The Hall–Kier alpha value is -1.88. The van der Waals surface area contributed by atoms with Crippen LogP contribution in [-0.2, 0) is 22.4 Å². The summed E-state index contributed by atoms with van der Waals surface area (Å²) in [5.41, 5.74) is 3.25. The number of carbonyl (C=O) groups excluding carboxylic acids is 1. The lowest BCUT2D eigenvalue weighted by Gasteiger charge is -2.31. The topological polar surface area (TPSA) is 66.8 Å². The molecule has 1 amide bonds. The van der Waals surface area contributed by atoms with Crippen LogP contribution in [0.2, 0.25) is 0 Å². The number of benzene rings is 1. The van der Waals surface area contributed by atoms with Gasteiger partial charge in [0, 0.05) is 12.1 Å². The van der Waals surface area contributed by atoms with E-state index in [0.29, 0.717) is 12.1 Å². The van der Waals surface area contributed by atoms with Gasteiger partial charge in [0.25, 0.3) is 5.91 Å².